The van der Waals surface area contributed by atoms with E-state index in [1.807, 2.05) is 0 Å². The number of fused-ring (bicyclic) bond motifs is 7. The number of rotatable bonds is 2. The molecule has 5 rings (SSSR count). The van der Waals surface area contributed by atoms with E-state index >= 15 is 0 Å². The Labute approximate surface area is 201 Å². The summed E-state index contributed by atoms with van der Waals surface area (Å²) < 4.78 is 0. The number of aliphatic carboxylic acids is 1. The summed E-state index contributed by atoms with van der Waals surface area (Å²) in [5.74, 6) is 2.35. The first kappa shape index (κ1) is 23.9. The van der Waals surface area contributed by atoms with Gasteiger partial charge >= 0.3 is 5.97 Å². The zero-order valence-corrected chi connectivity index (χ0v) is 22.0. The molecule has 0 aromatic carbocycles. The molecule has 0 aromatic rings. The highest BCUT2D eigenvalue weighted by Gasteiger charge is 2.69. The fourth-order valence-corrected chi connectivity index (χ4v) is 11.5. The summed E-state index contributed by atoms with van der Waals surface area (Å²) in [6.45, 7) is 19.0. The molecule has 33 heavy (non-hydrogen) atoms. The normalized spacial score (nSPS) is 55.0. The average Bonchev–Trinajstić information content (AvgIpc) is 3.12. The lowest BCUT2D eigenvalue weighted by molar-refractivity contribution is -0.241. The van der Waals surface area contributed by atoms with Crippen molar-refractivity contribution in [3.05, 3.63) is 12.2 Å². The van der Waals surface area contributed by atoms with E-state index in [1.54, 1.807) is 0 Å². The summed E-state index contributed by atoms with van der Waals surface area (Å²) in [7, 11) is 0. The Morgan fingerprint density at radius 3 is 2.15 bits per heavy atom. The molecule has 5 aliphatic rings. The van der Waals surface area contributed by atoms with Crippen LogP contribution in [0.15, 0.2) is 12.2 Å². The lowest BCUT2D eigenvalue weighted by atomic mass is 9.33. The van der Waals surface area contributed by atoms with E-state index < -0.39 is 5.97 Å². The minimum absolute atomic E-state index is 0.00501. The summed E-state index contributed by atoms with van der Waals surface area (Å²) >= 11 is 0. The number of allylic oxidation sites excluding steroid dienone is 1. The van der Waals surface area contributed by atoms with Gasteiger partial charge in [0.25, 0.3) is 0 Å². The van der Waals surface area contributed by atoms with E-state index in [0.717, 1.165) is 25.7 Å². The van der Waals surface area contributed by atoms with E-state index in [0.29, 0.717) is 46.3 Å². The SMILES string of the molecule is C=C(C)C1CC(C(=O)O)C2CCC3(C)C(CCC4C5(C)CCC(O)C(C)(C)C5CCC43C)C12. The van der Waals surface area contributed by atoms with Crippen LogP contribution < -0.4 is 0 Å². The lowest BCUT2D eigenvalue weighted by Crippen LogP contribution is -2.66. The Hall–Kier alpha value is -0.830. The van der Waals surface area contributed by atoms with Crippen molar-refractivity contribution in [3.63, 3.8) is 0 Å². The van der Waals surface area contributed by atoms with Crippen molar-refractivity contribution in [2.24, 2.45) is 63.1 Å². The van der Waals surface area contributed by atoms with E-state index in [4.69, 9.17) is 0 Å². The van der Waals surface area contributed by atoms with Gasteiger partial charge in [-0.05, 0) is 122 Å². The fraction of sp³-hybridized carbons (Fsp3) is 0.900. The molecule has 2 N–H and O–H groups in total. The van der Waals surface area contributed by atoms with Gasteiger partial charge in [0.15, 0.2) is 0 Å². The predicted octanol–water partition coefficient (Wildman–Crippen LogP) is 6.95. The van der Waals surface area contributed by atoms with Gasteiger partial charge in [0.2, 0.25) is 0 Å². The maximum Gasteiger partial charge on any atom is 0.306 e. The van der Waals surface area contributed by atoms with Crippen LogP contribution in [0.5, 0.6) is 0 Å². The van der Waals surface area contributed by atoms with Gasteiger partial charge in [0.1, 0.15) is 0 Å². The van der Waals surface area contributed by atoms with Crippen LogP contribution in [-0.4, -0.2) is 22.3 Å². The molecule has 11 atom stereocenters. The zero-order chi connectivity index (χ0) is 24.1. The Bertz CT molecular complexity index is 845. The van der Waals surface area contributed by atoms with Crippen LogP contribution in [0.3, 0.4) is 0 Å². The topological polar surface area (TPSA) is 57.5 Å². The molecule has 0 aromatic heterocycles. The first-order valence-electron chi connectivity index (χ1n) is 13.9. The number of carboxylic acids is 1. The molecule has 11 unspecified atom stereocenters. The number of carbonyl (C=O) groups is 1. The summed E-state index contributed by atoms with van der Waals surface area (Å²) in [4.78, 5) is 12.2. The Balaban J connectivity index is 1.53. The van der Waals surface area contributed by atoms with Crippen molar-refractivity contribution < 1.29 is 15.0 Å². The zero-order valence-electron chi connectivity index (χ0n) is 22.0. The third-order valence-electron chi connectivity index (χ3n) is 13.3. The monoisotopic (exact) mass is 456 g/mol. The average molecular weight is 457 g/mol. The maximum absolute atomic E-state index is 12.2. The predicted molar refractivity (Wildman–Crippen MR) is 133 cm³/mol. The van der Waals surface area contributed by atoms with Crippen LogP contribution in [0, 0.1) is 63.1 Å². The van der Waals surface area contributed by atoms with Crippen LogP contribution in [-0.2, 0) is 4.79 Å². The molecule has 3 heteroatoms. The van der Waals surface area contributed by atoms with E-state index in [1.165, 1.54) is 37.7 Å². The molecule has 0 saturated heterocycles. The minimum atomic E-state index is -0.576. The molecule has 0 amide bonds. The third kappa shape index (κ3) is 2.93. The third-order valence-corrected chi connectivity index (χ3v) is 13.3. The first-order valence-corrected chi connectivity index (χ1v) is 13.9. The van der Waals surface area contributed by atoms with E-state index in [2.05, 4.69) is 48.1 Å². The standard InChI is InChI=1S/C30H48O3/c1-17(2)19-16-20(26(32)33)18-10-14-29(6)21(25(18)19)8-9-23-28(5)13-12-24(31)27(3,4)22(28)11-15-30(23,29)7/h18-25,31H,1,8-16H2,2-7H3,(H,32,33). The van der Waals surface area contributed by atoms with Gasteiger partial charge in [-0.25, -0.2) is 0 Å². The fourth-order valence-electron chi connectivity index (χ4n) is 11.5. The molecule has 5 aliphatic carbocycles. The molecule has 0 bridgehead atoms. The summed E-state index contributed by atoms with van der Waals surface area (Å²) in [6, 6.07) is 0. The van der Waals surface area contributed by atoms with Crippen molar-refractivity contribution in [1.29, 1.82) is 0 Å². The van der Waals surface area contributed by atoms with Crippen molar-refractivity contribution in [2.45, 2.75) is 105 Å². The highest BCUT2D eigenvalue weighted by molar-refractivity contribution is 5.71. The molecule has 3 nitrogen and oxygen atoms in total. The highest BCUT2D eigenvalue weighted by atomic mass is 16.4. The quantitative estimate of drug-likeness (QED) is 0.442. The van der Waals surface area contributed by atoms with Gasteiger partial charge in [0, 0.05) is 0 Å². The molecular formula is C30H48O3. The van der Waals surface area contributed by atoms with Gasteiger partial charge in [-0.3, -0.25) is 4.79 Å². The first-order chi connectivity index (χ1) is 15.3. The molecule has 5 fully saturated rings. The van der Waals surface area contributed by atoms with Crippen molar-refractivity contribution >= 4 is 5.97 Å². The smallest absolute Gasteiger partial charge is 0.306 e. The molecule has 0 spiro atoms. The maximum atomic E-state index is 12.2. The number of hydrogen-bond acceptors (Lipinski definition) is 2. The van der Waals surface area contributed by atoms with Crippen LogP contribution in [0.25, 0.3) is 0 Å². The van der Waals surface area contributed by atoms with E-state index in [-0.39, 0.29) is 22.9 Å². The number of aliphatic hydroxyl groups excluding tert-OH is 1. The van der Waals surface area contributed by atoms with Crippen molar-refractivity contribution in [3.8, 4) is 0 Å². The molecule has 0 heterocycles. The van der Waals surface area contributed by atoms with Crippen LogP contribution in [0.1, 0.15) is 99.3 Å². The highest BCUT2D eigenvalue weighted by Crippen LogP contribution is 2.76. The van der Waals surface area contributed by atoms with Crippen LogP contribution >= 0.6 is 0 Å². The number of aliphatic hydroxyl groups is 1. The Kier molecular flexibility index (Phi) is 5.31. The second-order valence-corrected chi connectivity index (χ2v) is 14.5. The van der Waals surface area contributed by atoms with Gasteiger partial charge in [-0.15, -0.1) is 0 Å². The summed E-state index contributed by atoms with van der Waals surface area (Å²) in [5.41, 5.74) is 2.07. The molecule has 5 saturated carbocycles. The summed E-state index contributed by atoms with van der Waals surface area (Å²) in [6.07, 6.45) is 10.0. The van der Waals surface area contributed by atoms with Gasteiger partial charge in [0.05, 0.1) is 12.0 Å². The van der Waals surface area contributed by atoms with Crippen molar-refractivity contribution in [2.75, 3.05) is 0 Å². The molecule has 0 radical (unpaired) electrons. The second-order valence-electron chi connectivity index (χ2n) is 14.5. The number of hydrogen-bond donors (Lipinski definition) is 2. The molecule has 186 valence electrons. The Morgan fingerprint density at radius 1 is 0.848 bits per heavy atom. The largest absolute Gasteiger partial charge is 0.481 e. The molecule has 0 aliphatic heterocycles. The minimum Gasteiger partial charge on any atom is -0.481 e. The lowest BCUT2D eigenvalue weighted by Gasteiger charge is -2.72. The summed E-state index contributed by atoms with van der Waals surface area (Å²) in [5, 5.41) is 20.9. The van der Waals surface area contributed by atoms with Crippen LogP contribution in [0.2, 0.25) is 0 Å². The number of carboxylic acid groups (broad SMARTS) is 1. The van der Waals surface area contributed by atoms with Crippen LogP contribution in [0.4, 0.5) is 0 Å². The van der Waals surface area contributed by atoms with Gasteiger partial charge in [-0.2, -0.15) is 0 Å². The second kappa shape index (κ2) is 7.34. The van der Waals surface area contributed by atoms with Crippen molar-refractivity contribution in [1.82, 2.24) is 0 Å². The van der Waals surface area contributed by atoms with E-state index in [9.17, 15) is 15.0 Å². The van der Waals surface area contributed by atoms with Gasteiger partial charge < -0.3 is 10.2 Å². The Morgan fingerprint density at radius 2 is 1.52 bits per heavy atom. The van der Waals surface area contributed by atoms with Gasteiger partial charge in [-0.1, -0.05) is 46.8 Å². The molecular weight excluding hydrogens is 408 g/mol.